The van der Waals surface area contributed by atoms with E-state index in [0.717, 1.165) is 17.0 Å². The molecule has 2 heterocycles. The van der Waals surface area contributed by atoms with Crippen LogP contribution in [0.2, 0.25) is 0 Å². The van der Waals surface area contributed by atoms with Crippen molar-refractivity contribution in [2.75, 3.05) is 26.0 Å². The fourth-order valence-electron chi connectivity index (χ4n) is 2.83. The van der Waals surface area contributed by atoms with Crippen LogP contribution in [-0.2, 0) is 11.2 Å². The summed E-state index contributed by atoms with van der Waals surface area (Å²) < 4.78 is 5.45. The van der Waals surface area contributed by atoms with E-state index in [2.05, 4.69) is 10.6 Å². The zero-order valence-electron chi connectivity index (χ0n) is 13.8. The highest BCUT2D eigenvalue weighted by Gasteiger charge is 2.20. The van der Waals surface area contributed by atoms with E-state index in [9.17, 15) is 9.59 Å². The fourth-order valence-corrected chi connectivity index (χ4v) is 2.83. The average Bonchev–Trinajstić information content (AvgIpc) is 3.08. The topological polar surface area (TPSA) is 74.6 Å². The Morgan fingerprint density at radius 1 is 1.33 bits per heavy atom. The maximum Gasteiger partial charge on any atom is 0.251 e. The number of anilines is 1. The van der Waals surface area contributed by atoms with E-state index in [1.54, 1.807) is 18.4 Å². The van der Waals surface area contributed by atoms with Crippen LogP contribution in [0.5, 0.6) is 0 Å². The molecule has 6 nitrogen and oxygen atoms in total. The molecule has 1 aromatic carbocycles. The molecular formula is C18H21N3O3. The zero-order valence-corrected chi connectivity index (χ0v) is 13.8. The van der Waals surface area contributed by atoms with E-state index in [-0.39, 0.29) is 17.9 Å². The molecule has 1 aliphatic heterocycles. The van der Waals surface area contributed by atoms with Crippen molar-refractivity contribution in [1.82, 2.24) is 10.2 Å². The van der Waals surface area contributed by atoms with Gasteiger partial charge in [-0.2, -0.15) is 0 Å². The highest BCUT2D eigenvalue weighted by Crippen LogP contribution is 2.24. The standard InChI is InChI=1S/C18H21N3O3/c1-21(2)15(16-4-3-9-24-16)11-19-18(23)13-5-7-14-12(10-13)6-8-17(22)20-14/h3-5,7,9-10,15H,6,8,11H2,1-2H3,(H,19,23)(H,20,22). The Morgan fingerprint density at radius 3 is 2.88 bits per heavy atom. The van der Waals surface area contributed by atoms with Gasteiger partial charge >= 0.3 is 0 Å². The van der Waals surface area contributed by atoms with Crippen molar-refractivity contribution in [2.24, 2.45) is 0 Å². The number of nitrogens with one attached hydrogen (secondary N) is 2. The molecule has 2 N–H and O–H groups in total. The van der Waals surface area contributed by atoms with Gasteiger partial charge in [-0.1, -0.05) is 0 Å². The first kappa shape index (κ1) is 16.3. The summed E-state index contributed by atoms with van der Waals surface area (Å²) in [5, 5.41) is 5.78. The third-order valence-electron chi connectivity index (χ3n) is 4.21. The minimum absolute atomic E-state index is 0.0203. The molecule has 0 saturated heterocycles. The number of benzene rings is 1. The van der Waals surface area contributed by atoms with Crippen LogP contribution in [-0.4, -0.2) is 37.4 Å². The molecule has 6 heteroatoms. The van der Waals surface area contributed by atoms with Gasteiger partial charge in [0.1, 0.15) is 5.76 Å². The number of fused-ring (bicyclic) bond motifs is 1. The minimum atomic E-state index is -0.131. The van der Waals surface area contributed by atoms with Crippen LogP contribution in [0.3, 0.4) is 0 Å². The fraction of sp³-hybridized carbons (Fsp3) is 0.333. The van der Waals surface area contributed by atoms with Crippen LogP contribution >= 0.6 is 0 Å². The monoisotopic (exact) mass is 327 g/mol. The number of likely N-dealkylation sites (N-methyl/N-ethyl adjacent to an activating group) is 1. The smallest absolute Gasteiger partial charge is 0.251 e. The van der Waals surface area contributed by atoms with Crippen LogP contribution in [0, 0.1) is 0 Å². The third kappa shape index (κ3) is 3.49. The molecule has 0 saturated carbocycles. The first-order valence-electron chi connectivity index (χ1n) is 7.95. The third-order valence-corrected chi connectivity index (χ3v) is 4.21. The highest BCUT2D eigenvalue weighted by molar-refractivity contribution is 5.97. The molecule has 0 aliphatic carbocycles. The van der Waals surface area contributed by atoms with Gasteiger partial charge in [0, 0.05) is 24.2 Å². The highest BCUT2D eigenvalue weighted by atomic mass is 16.3. The Bertz CT molecular complexity index is 738. The van der Waals surface area contributed by atoms with E-state index < -0.39 is 0 Å². The molecule has 2 aromatic rings. The van der Waals surface area contributed by atoms with Gasteiger partial charge in [-0.3, -0.25) is 14.5 Å². The van der Waals surface area contributed by atoms with E-state index >= 15 is 0 Å². The molecular weight excluding hydrogens is 306 g/mol. The van der Waals surface area contributed by atoms with Gasteiger partial charge in [0.15, 0.2) is 0 Å². The Kier molecular flexibility index (Phi) is 4.66. The van der Waals surface area contributed by atoms with Crippen LogP contribution in [0.15, 0.2) is 41.0 Å². The molecule has 1 unspecified atom stereocenters. The molecule has 24 heavy (non-hydrogen) atoms. The van der Waals surface area contributed by atoms with Crippen molar-refractivity contribution in [3.05, 3.63) is 53.5 Å². The maximum absolute atomic E-state index is 12.4. The summed E-state index contributed by atoms with van der Waals surface area (Å²) in [5.41, 5.74) is 2.39. The second-order valence-corrected chi connectivity index (χ2v) is 6.12. The molecule has 126 valence electrons. The molecule has 1 aromatic heterocycles. The summed E-state index contributed by atoms with van der Waals surface area (Å²) in [6.45, 7) is 0.452. The van der Waals surface area contributed by atoms with Crippen molar-refractivity contribution in [3.63, 3.8) is 0 Å². The lowest BCUT2D eigenvalue weighted by Gasteiger charge is -2.23. The predicted octanol–water partition coefficient (Wildman–Crippen LogP) is 2.20. The number of hydrogen-bond donors (Lipinski definition) is 2. The van der Waals surface area contributed by atoms with Crippen molar-refractivity contribution >= 4 is 17.5 Å². The van der Waals surface area contributed by atoms with Crippen molar-refractivity contribution in [1.29, 1.82) is 0 Å². The van der Waals surface area contributed by atoms with E-state index in [1.165, 1.54) is 0 Å². The van der Waals surface area contributed by atoms with Crippen molar-refractivity contribution < 1.29 is 14.0 Å². The van der Waals surface area contributed by atoms with Crippen LogP contribution < -0.4 is 10.6 Å². The van der Waals surface area contributed by atoms with Gasteiger partial charge in [-0.05, 0) is 56.4 Å². The normalized spacial score (nSPS) is 14.9. The lowest BCUT2D eigenvalue weighted by atomic mass is 10.00. The zero-order chi connectivity index (χ0) is 17.1. The SMILES string of the molecule is CN(C)C(CNC(=O)c1ccc2c(c1)CCC(=O)N2)c1ccco1. The van der Waals surface area contributed by atoms with Crippen molar-refractivity contribution in [2.45, 2.75) is 18.9 Å². The number of nitrogens with zero attached hydrogens (tertiary/aromatic N) is 1. The largest absolute Gasteiger partial charge is 0.468 e. The second-order valence-electron chi connectivity index (χ2n) is 6.12. The average molecular weight is 327 g/mol. The molecule has 1 atom stereocenters. The maximum atomic E-state index is 12.4. The molecule has 0 spiro atoms. The number of carbonyl (C=O) groups excluding carboxylic acids is 2. The second kappa shape index (κ2) is 6.88. The number of carbonyl (C=O) groups is 2. The number of aryl methyl sites for hydroxylation is 1. The predicted molar refractivity (Wildman–Crippen MR) is 90.9 cm³/mol. The van der Waals surface area contributed by atoms with Gasteiger partial charge in [-0.15, -0.1) is 0 Å². The molecule has 2 amide bonds. The lowest BCUT2D eigenvalue weighted by Crippen LogP contribution is -2.34. The summed E-state index contributed by atoms with van der Waals surface area (Å²) in [5.74, 6) is 0.702. The van der Waals surface area contributed by atoms with Gasteiger partial charge in [-0.25, -0.2) is 0 Å². The van der Waals surface area contributed by atoms with Crippen molar-refractivity contribution in [3.8, 4) is 0 Å². The summed E-state index contributed by atoms with van der Waals surface area (Å²) in [4.78, 5) is 25.8. The molecule has 1 aliphatic rings. The first-order chi connectivity index (χ1) is 11.5. The molecule has 0 bridgehead atoms. The number of amides is 2. The Balaban J connectivity index is 1.68. The summed E-state index contributed by atoms with van der Waals surface area (Å²) in [7, 11) is 3.89. The van der Waals surface area contributed by atoms with Gasteiger partial charge in [0.25, 0.3) is 5.91 Å². The Labute approximate surface area is 140 Å². The van der Waals surface area contributed by atoms with E-state index in [4.69, 9.17) is 4.42 Å². The summed E-state index contributed by atoms with van der Waals surface area (Å²) in [6.07, 6.45) is 2.75. The number of rotatable bonds is 5. The molecule has 0 radical (unpaired) electrons. The van der Waals surface area contributed by atoms with Gasteiger partial charge in [0.2, 0.25) is 5.91 Å². The Hall–Kier alpha value is -2.60. The Morgan fingerprint density at radius 2 is 2.17 bits per heavy atom. The van der Waals surface area contributed by atoms with Gasteiger partial charge < -0.3 is 15.1 Å². The van der Waals surface area contributed by atoms with Crippen LogP contribution in [0.25, 0.3) is 0 Å². The molecule has 0 fully saturated rings. The number of hydrogen-bond acceptors (Lipinski definition) is 4. The minimum Gasteiger partial charge on any atom is -0.468 e. The summed E-state index contributed by atoms with van der Waals surface area (Å²) in [6, 6.07) is 9.08. The van der Waals surface area contributed by atoms with Crippen LogP contribution in [0.4, 0.5) is 5.69 Å². The van der Waals surface area contributed by atoms with E-state index in [0.29, 0.717) is 24.9 Å². The summed E-state index contributed by atoms with van der Waals surface area (Å²) >= 11 is 0. The molecule has 3 rings (SSSR count). The quantitative estimate of drug-likeness (QED) is 0.883. The number of furan rings is 1. The first-order valence-corrected chi connectivity index (χ1v) is 7.95. The van der Waals surface area contributed by atoms with Crippen LogP contribution in [0.1, 0.15) is 34.1 Å². The van der Waals surface area contributed by atoms with E-state index in [1.807, 2.05) is 37.2 Å². The lowest BCUT2D eigenvalue weighted by molar-refractivity contribution is -0.116. The van der Waals surface area contributed by atoms with Gasteiger partial charge in [0.05, 0.1) is 12.3 Å².